The molecule has 6 heteroatoms. The summed E-state index contributed by atoms with van der Waals surface area (Å²) in [4.78, 5) is 26.5. The van der Waals surface area contributed by atoms with Crippen molar-refractivity contribution in [3.8, 4) is 0 Å². The van der Waals surface area contributed by atoms with Gasteiger partial charge in [0.2, 0.25) is 11.8 Å². The first-order valence-electron chi connectivity index (χ1n) is 8.42. The van der Waals surface area contributed by atoms with Gasteiger partial charge in [0.15, 0.2) is 0 Å². The van der Waals surface area contributed by atoms with Crippen LogP contribution in [0.1, 0.15) is 25.5 Å². The minimum Gasteiger partial charge on any atom is -0.469 e. The van der Waals surface area contributed by atoms with Crippen molar-refractivity contribution < 1.29 is 14.0 Å². The number of para-hydroxylation sites is 1. The smallest absolute Gasteiger partial charge is 0.227 e. The van der Waals surface area contributed by atoms with Crippen molar-refractivity contribution in [2.24, 2.45) is 5.92 Å². The molecule has 0 saturated carbocycles. The predicted molar refractivity (Wildman–Crippen MR) is 99.2 cm³/mol. The third-order valence-corrected chi connectivity index (χ3v) is 5.10. The number of carbonyl (C=O) groups is 2. The van der Waals surface area contributed by atoms with Crippen LogP contribution in [-0.2, 0) is 16.0 Å². The molecule has 0 spiro atoms. The number of rotatable bonds is 6. The Morgan fingerprint density at radius 3 is 2.88 bits per heavy atom. The average Bonchev–Trinajstić information content (AvgIpc) is 3.23. The molecule has 0 aliphatic carbocycles. The molecule has 0 bridgehead atoms. The van der Waals surface area contributed by atoms with Gasteiger partial charge in [-0.05, 0) is 53.5 Å². The van der Waals surface area contributed by atoms with Crippen molar-refractivity contribution in [3.05, 3.63) is 52.9 Å². The van der Waals surface area contributed by atoms with E-state index in [-0.39, 0.29) is 30.2 Å². The number of anilines is 1. The first kappa shape index (κ1) is 17.7. The molecule has 1 fully saturated rings. The number of carbonyl (C=O) groups excluding carboxylic acids is 2. The number of furan rings is 1. The highest BCUT2D eigenvalue weighted by atomic mass is 79.9. The zero-order valence-corrected chi connectivity index (χ0v) is 15.7. The number of hydrogen-bond donors (Lipinski definition) is 1. The van der Waals surface area contributed by atoms with Crippen LogP contribution in [0.15, 0.2) is 51.6 Å². The van der Waals surface area contributed by atoms with Crippen molar-refractivity contribution in [1.82, 2.24) is 5.32 Å². The molecule has 1 aliphatic rings. The molecule has 3 rings (SSSR count). The lowest BCUT2D eigenvalue weighted by atomic mass is 10.1. The van der Waals surface area contributed by atoms with Crippen LogP contribution < -0.4 is 10.2 Å². The molecule has 1 aliphatic heterocycles. The second-order valence-corrected chi connectivity index (χ2v) is 7.24. The van der Waals surface area contributed by atoms with Gasteiger partial charge in [0, 0.05) is 29.9 Å². The Morgan fingerprint density at radius 1 is 1.36 bits per heavy atom. The summed E-state index contributed by atoms with van der Waals surface area (Å²) in [5, 5.41) is 3.02. The highest BCUT2D eigenvalue weighted by Crippen LogP contribution is 2.31. The largest absolute Gasteiger partial charge is 0.469 e. The quantitative estimate of drug-likeness (QED) is 0.800. The predicted octanol–water partition coefficient (Wildman–Crippen LogP) is 3.53. The maximum Gasteiger partial charge on any atom is 0.227 e. The van der Waals surface area contributed by atoms with Gasteiger partial charge in [-0.1, -0.05) is 12.1 Å². The summed E-state index contributed by atoms with van der Waals surface area (Å²) in [5.74, 6) is 0.521. The number of aryl methyl sites for hydroxylation is 1. The Hall–Kier alpha value is -2.08. The minimum atomic E-state index is -0.314. The number of amides is 2. The van der Waals surface area contributed by atoms with Gasteiger partial charge in [-0.3, -0.25) is 9.59 Å². The van der Waals surface area contributed by atoms with E-state index in [4.69, 9.17) is 4.42 Å². The molecule has 2 aromatic rings. The van der Waals surface area contributed by atoms with Gasteiger partial charge in [-0.2, -0.15) is 0 Å². The normalized spacial score (nSPS) is 18.4. The molecule has 1 aromatic heterocycles. The summed E-state index contributed by atoms with van der Waals surface area (Å²) in [6.45, 7) is 2.39. The molecule has 1 N–H and O–H groups in total. The molecule has 2 amide bonds. The zero-order chi connectivity index (χ0) is 17.8. The van der Waals surface area contributed by atoms with Crippen molar-refractivity contribution in [1.29, 1.82) is 0 Å². The number of benzene rings is 1. The minimum absolute atomic E-state index is 0.0183. The van der Waals surface area contributed by atoms with E-state index in [2.05, 4.69) is 21.2 Å². The maximum absolute atomic E-state index is 12.5. The zero-order valence-electron chi connectivity index (χ0n) is 14.1. The first-order valence-corrected chi connectivity index (χ1v) is 9.21. The van der Waals surface area contributed by atoms with Gasteiger partial charge in [0.05, 0.1) is 17.9 Å². The number of hydrogen-bond acceptors (Lipinski definition) is 3. The summed E-state index contributed by atoms with van der Waals surface area (Å²) in [6, 6.07) is 11.4. The molecule has 0 radical (unpaired) electrons. The topological polar surface area (TPSA) is 62.6 Å². The third-order valence-electron chi connectivity index (χ3n) is 4.43. The molecular formula is C19H21BrN2O3. The first-order chi connectivity index (χ1) is 12.0. The van der Waals surface area contributed by atoms with Crippen LogP contribution in [0, 0.1) is 5.92 Å². The molecule has 2 unspecified atom stereocenters. The van der Waals surface area contributed by atoms with Crippen molar-refractivity contribution >= 4 is 33.4 Å². The maximum atomic E-state index is 12.5. The molecule has 5 nitrogen and oxygen atoms in total. The van der Waals surface area contributed by atoms with Gasteiger partial charge in [0.1, 0.15) is 5.76 Å². The van der Waals surface area contributed by atoms with E-state index in [1.807, 2.05) is 43.3 Å². The Labute approximate surface area is 155 Å². The second-order valence-electron chi connectivity index (χ2n) is 6.38. The lowest BCUT2D eigenvalue weighted by Gasteiger charge is -2.19. The summed E-state index contributed by atoms with van der Waals surface area (Å²) < 4.78 is 6.17. The highest BCUT2D eigenvalue weighted by molar-refractivity contribution is 9.10. The monoisotopic (exact) mass is 404 g/mol. The Bertz CT molecular complexity index is 745. The van der Waals surface area contributed by atoms with Crippen LogP contribution in [0.5, 0.6) is 0 Å². The average molecular weight is 405 g/mol. The van der Waals surface area contributed by atoms with Crippen LogP contribution in [-0.4, -0.2) is 24.4 Å². The van der Waals surface area contributed by atoms with E-state index < -0.39 is 0 Å². The number of halogens is 1. The molecule has 132 valence electrons. The summed E-state index contributed by atoms with van der Waals surface area (Å²) in [6.07, 6.45) is 3.48. The fourth-order valence-corrected chi connectivity index (χ4v) is 3.53. The molecule has 2 heterocycles. The fourth-order valence-electron chi connectivity index (χ4n) is 3.03. The highest BCUT2D eigenvalue weighted by Gasteiger charge is 2.36. The summed E-state index contributed by atoms with van der Waals surface area (Å²) in [7, 11) is 0. The van der Waals surface area contributed by atoms with Gasteiger partial charge < -0.3 is 14.6 Å². The number of nitrogens with zero attached hydrogens (tertiary/aromatic N) is 1. The van der Waals surface area contributed by atoms with Crippen LogP contribution >= 0.6 is 15.9 Å². The third kappa shape index (κ3) is 4.31. The number of nitrogens with one attached hydrogen (secondary N) is 1. The van der Waals surface area contributed by atoms with E-state index in [1.165, 1.54) is 0 Å². The Morgan fingerprint density at radius 2 is 2.16 bits per heavy atom. The molecule has 25 heavy (non-hydrogen) atoms. The van der Waals surface area contributed by atoms with E-state index >= 15 is 0 Å². The SMILES string of the molecule is CC(CCc1ccco1)NC(=O)C1CC(=O)N(c2ccccc2Br)C1. The van der Waals surface area contributed by atoms with Crippen LogP contribution in [0.4, 0.5) is 5.69 Å². The van der Waals surface area contributed by atoms with E-state index in [1.54, 1.807) is 11.2 Å². The fraction of sp³-hybridized carbons (Fsp3) is 0.368. The summed E-state index contributed by atoms with van der Waals surface area (Å²) >= 11 is 3.47. The van der Waals surface area contributed by atoms with Crippen molar-refractivity contribution in [3.63, 3.8) is 0 Å². The van der Waals surface area contributed by atoms with Crippen molar-refractivity contribution in [2.75, 3.05) is 11.4 Å². The van der Waals surface area contributed by atoms with Gasteiger partial charge in [-0.15, -0.1) is 0 Å². The second kappa shape index (κ2) is 7.87. The summed E-state index contributed by atoms with van der Waals surface area (Å²) in [5.41, 5.74) is 0.814. The van der Waals surface area contributed by atoms with Crippen LogP contribution in [0.2, 0.25) is 0 Å². The van der Waals surface area contributed by atoms with E-state index in [0.717, 1.165) is 28.8 Å². The van der Waals surface area contributed by atoms with E-state index in [0.29, 0.717) is 6.54 Å². The van der Waals surface area contributed by atoms with Crippen molar-refractivity contribution in [2.45, 2.75) is 32.2 Å². The van der Waals surface area contributed by atoms with Gasteiger partial charge in [-0.25, -0.2) is 0 Å². The molecule has 1 aromatic carbocycles. The van der Waals surface area contributed by atoms with Crippen LogP contribution in [0.25, 0.3) is 0 Å². The van der Waals surface area contributed by atoms with Gasteiger partial charge >= 0.3 is 0 Å². The standard InChI is InChI=1S/C19H21BrN2O3/c1-13(8-9-15-5-4-10-25-15)21-19(24)14-11-18(23)22(12-14)17-7-3-2-6-16(17)20/h2-7,10,13-14H,8-9,11-12H2,1H3,(H,21,24). The Kier molecular flexibility index (Phi) is 5.58. The molecular weight excluding hydrogens is 384 g/mol. The lowest BCUT2D eigenvalue weighted by molar-refractivity contribution is -0.126. The lowest BCUT2D eigenvalue weighted by Crippen LogP contribution is -2.38. The van der Waals surface area contributed by atoms with Gasteiger partial charge in [0.25, 0.3) is 0 Å². The molecule has 2 atom stereocenters. The van der Waals surface area contributed by atoms with Crippen LogP contribution in [0.3, 0.4) is 0 Å². The molecule has 1 saturated heterocycles. The Balaban J connectivity index is 1.54. The van der Waals surface area contributed by atoms with E-state index in [9.17, 15) is 9.59 Å².